The number of halogens is 1. The average molecular weight is 327 g/mol. The van der Waals surface area contributed by atoms with Crippen LogP contribution >= 0.6 is 15.9 Å². The number of morpholine rings is 1. The van der Waals surface area contributed by atoms with Gasteiger partial charge >= 0.3 is 0 Å². The van der Waals surface area contributed by atoms with Crippen molar-refractivity contribution in [3.05, 3.63) is 28.2 Å². The molecule has 1 saturated heterocycles. The SMILES string of the molecule is CCNC(C)c1ccc(Br)cc1N1CCOCC1C. The van der Waals surface area contributed by atoms with Crippen LogP contribution in [0.4, 0.5) is 5.69 Å². The molecule has 1 aliphatic heterocycles. The second-order valence-electron chi connectivity index (χ2n) is 5.10. The molecule has 3 nitrogen and oxygen atoms in total. The van der Waals surface area contributed by atoms with Crippen molar-refractivity contribution >= 4 is 21.6 Å². The van der Waals surface area contributed by atoms with Crippen LogP contribution in [-0.2, 0) is 4.74 Å². The zero-order valence-corrected chi connectivity index (χ0v) is 13.5. The Balaban J connectivity index is 2.33. The van der Waals surface area contributed by atoms with Crippen molar-refractivity contribution in [1.82, 2.24) is 5.32 Å². The smallest absolute Gasteiger partial charge is 0.0668 e. The van der Waals surface area contributed by atoms with E-state index in [-0.39, 0.29) is 0 Å². The lowest BCUT2D eigenvalue weighted by molar-refractivity contribution is 0.0988. The van der Waals surface area contributed by atoms with E-state index in [9.17, 15) is 0 Å². The minimum absolute atomic E-state index is 0.364. The van der Waals surface area contributed by atoms with Gasteiger partial charge in [0.1, 0.15) is 0 Å². The molecule has 106 valence electrons. The van der Waals surface area contributed by atoms with E-state index in [1.54, 1.807) is 0 Å². The normalized spacial score (nSPS) is 21.5. The summed E-state index contributed by atoms with van der Waals surface area (Å²) in [6, 6.07) is 7.36. The van der Waals surface area contributed by atoms with Gasteiger partial charge in [0.2, 0.25) is 0 Å². The Morgan fingerprint density at radius 3 is 3.00 bits per heavy atom. The van der Waals surface area contributed by atoms with Crippen LogP contribution in [-0.4, -0.2) is 32.3 Å². The summed E-state index contributed by atoms with van der Waals surface area (Å²) in [6.07, 6.45) is 0. The van der Waals surface area contributed by atoms with Crippen LogP contribution in [0.2, 0.25) is 0 Å². The minimum atomic E-state index is 0.364. The number of ether oxygens (including phenoxy) is 1. The van der Waals surface area contributed by atoms with Gasteiger partial charge in [-0.3, -0.25) is 0 Å². The third-order valence-corrected chi connectivity index (χ3v) is 4.14. The predicted octanol–water partition coefficient (Wildman–Crippen LogP) is 3.34. The standard InChI is InChI=1S/C15H23BrN2O/c1-4-17-12(3)14-6-5-13(16)9-15(14)18-7-8-19-10-11(18)2/h5-6,9,11-12,17H,4,7-8,10H2,1-3H3. The molecule has 1 aliphatic rings. The van der Waals surface area contributed by atoms with Gasteiger partial charge in [-0.1, -0.05) is 28.9 Å². The molecule has 0 amide bonds. The van der Waals surface area contributed by atoms with Crippen molar-refractivity contribution in [1.29, 1.82) is 0 Å². The predicted molar refractivity (Wildman–Crippen MR) is 83.9 cm³/mol. The highest BCUT2D eigenvalue weighted by atomic mass is 79.9. The quantitative estimate of drug-likeness (QED) is 0.918. The van der Waals surface area contributed by atoms with Gasteiger partial charge in [0.05, 0.1) is 13.2 Å². The maximum atomic E-state index is 5.54. The fourth-order valence-corrected chi connectivity index (χ4v) is 2.98. The summed E-state index contributed by atoms with van der Waals surface area (Å²) in [5.41, 5.74) is 2.68. The third kappa shape index (κ3) is 3.50. The molecule has 0 spiro atoms. The Morgan fingerprint density at radius 2 is 2.32 bits per heavy atom. The highest BCUT2D eigenvalue weighted by molar-refractivity contribution is 9.10. The van der Waals surface area contributed by atoms with Gasteiger partial charge in [-0.25, -0.2) is 0 Å². The Labute approximate surface area is 124 Å². The van der Waals surface area contributed by atoms with Crippen LogP contribution in [0.3, 0.4) is 0 Å². The highest BCUT2D eigenvalue weighted by Crippen LogP contribution is 2.31. The molecule has 2 rings (SSSR count). The zero-order valence-electron chi connectivity index (χ0n) is 11.9. The summed E-state index contributed by atoms with van der Waals surface area (Å²) >= 11 is 3.59. The Kier molecular flexibility index (Phi) is 5.25. The summed E-state index contributed by atoms with van der Waals surface area (Å²) < 4.78 is 6.68. The molecule has 1 aromatic carbocycles. The Morgan fingerprint density at radius 1 is 1.53 bits per heavy atom. The van der Waals surface area contributed by atoms with Gasteiger partial charge in [0, 0.05) is 28.8 Å². The number of benzene rings is 1. The number of rotatable bonds is 4. The molecule has 2 unspecified atom stereocenters. The first kappa shape index (κ1) is 14.8. The molecule has 0 aromatic heterocycles. The van der Waals surface area contributed by atoms with Crippen molar-refractivity contribution in [3.8, 4) is 0 Å². The van der Waals surface area contributed by atoms with E-state index in [2.05, 4.69) is 65.1 Å². The topological polar surface area (TPSA) is 24.5 Å². The first-order valence-electron chi connectivity index (χ1n) is 7.00. The van der Waals surface area contributed by atoms with Crippen LogP contribution in [0.1, 0.15) is 32.4 Å². The number of anilines is 1. The molecular formula is C15H23BrN2O. The number of hydrogen-bond donors (Lipinski definition) is 1. The average Bonchev–Trinajstić information content (AvgIpc) is 2.39. The van der Waals surface area contributed by atoms with E-state index in [0.29, 0.717) is 12.1 Å². The van der Waals surface area contributed by atoms with Gasteiger partial charge in [0.25, 0.3) is 0 Å². The van der Waals surface area contributed by atoms with Gasteiger partial charge in [-0.2, -0.15) is 0 Å². The lowest BCUT2D eigenvalue weighted by Gasteiger charge is -2.37. The summed E-state index contributed by atoms with van der Waals surface area (Å²) in [4.78, 5) is 2.46. The molecule has 19 heavy (non-hydrogen) atoms. The first-order valence-corrected chi connectivity index (χ1v) is 7.80. The van der Waals surface area contributed by atoms with Crippen molar-refractivity contribution in [2.24, 2.45) is 0 Å². The largest absolute Gasteiger partial charge is 0.377 e. The molecular weight excluding hydrogens is 304 g/mol. The minimum Gasteiger partial charge on any atom is -0.377 e. The highest BCUT2D eigenvalue weighted by Gasteiger charge is 2.23. The molecule has 1 fully saturated rings. The number of nitrogens with one attached hydrogen (secondary N) is 1. The zero-order chi connectivity index (χ0) is 13.8. The number of nitrogens with zero attached hydrogens (tertiary/aromatic N) is 1. The van der Waals surface area contributed by atoms with Gasteiger partial charge in [-0.15, -0.1) is 0 Å². The second-order valence-corrected chi connectivity index (χ2v) is 6.02. The van der Waals surface area contributed by atoms with Crippen LogP contribution in [0, 0.1) is 0 Å². The summed E-state index contributed by atoms with van der Waals surface area (Å²) in [5, 5.41) is 3.50. The van der Waals surface area contributed by atoms with E-state index in [1.165, 1.54) is 11.3 Å². The summed E-state index contributed by atoms with van der Waals surface area (Å²) in [7, 11) is 0. The van der Waals surface area contributed by atoms with Crippen LogP contribution < -0.4 is 10.2 Å². The maximum Gasteiger partial charge on any atom is 0.0668 e. The van der Waals surface area contributed by atoms with Crippen LogP contribution in [0.5, 0.6) is 0 Å². The summed E-state index contributed by atoms with van der Waals surface area (Å²) in [6.45, 7) is 10.2. The lowest BCUT2D eigenvalue weighted by Crippen LogP contribution is -2.44. The molecule has 0 saturated carbocycles. The second kappa shape index (κ2) is 6.73. The van der Waals surface area contributed by atoms with Gasteiger partial charge in [0.15, 0.2) is 0 Å². The molecule has 1 heterocycles. The third-order valence-electron chi connectivity index (χ3n) is 3.65. The van der Waals surface area contributed by atoms with Crippen LogP contribution in [0.25, 0.3) is 0 Å². The fraction of sp³-hybridized carbons (Fsp3) is 0.600. The van der Waals surface area contributed by atoms with E-state index in [4.69, 9.17) is 4.74 Å². The molecule has 4 heteroatoms. The van der Waals surface area contributed by atoms with E-state index in [1.807, 2.05) is 0 Å². The van der Waals surface area contributed by atoms with Gasteiger partial charge in [-0.05, 0) is 38.1 Å². The van der Waals surface area contributed by atoms with Crippen LogP contribution in [0.15, 0.2) is 22.7 Å². The molecule has 0 aliphatic carbocycles. The van der Waals surface area contributed by atoms with Gasteiger partial charge < -0.3 is 15.0 Å². The lowest BCUT2D eigenvalue weighted by atomic mass is 10.0. The van der Waals surface area contributed by atoms with E-state index in [0.717, 1.165) is 30.8 Å². The Hall–Kier alpha value is -0.580. The molecule has 1 N–H and O–H groups in total. The molecule has 0 radical (unpaired) electrons. The summed E-state index contributed by atoms with van der Waals surface area (Å²) in [5.74, 6) is 0. The molecule has 1 aromatic rings. The van der Waals surface area contributed by atoms with E-state index >= 15 is 0 Å². The van der Waals surface area contributed by atoms with E-state index < -0.39 is 0 Å². The molecule has 0 bridgehead atoms. The maximum absolute atomic E-state index is 5.54. The first-order chi connectivity index (χ1) is 9.13. The Bertz CT molecular complexity index is 425. The van der Waals surface area contributed by atoms with Crippen molar-refractivity contribution in [2.75, 3.05) is 31.2 Å². The molecule has 2 atom stereocenters. The fourth-order valence-electron chi connectivity index (χ4n) is 2.63. The van der Waals surface area contributed by atoms with Crippen molar-refractivity contribution < 1.29 is 4.74 Å². The monoisotopic (exact) mass is 326 g/mol. The van der Waals surface area contributed by atoms with Crippen molar-refractivity contribution in [3.63, 3.8) is 0 Å². The number of hydrogen-bond acceptors (Lipinski definition) is 3. The van der Waals surface area contributed by atoms with Crippen molar-refractivity contribution in [2.45, 2.75) is 32.9 Å².